The van der Waals surface area contributed by atoms with Crippen LogP contribution < -0.4 is 10.6 Å². The van der Waals surface area contributed by atoms with Gasteiger partial charge in [-0.1, -0.05) is 0 Å². The summed E-state index contributed by atoms with van der Waals surface area (Å²) in [7, 11) is 1.82. The summed E-state index contributed by atoms with van der Waals surface area (Å²) in [6, 6.07) is 0. The Balaban J connectivity index is 1.46. The summed E-state index contributed by atoms with van der Waals surface area (Å²) >= 11 is 0. The summed E-state index contributed by atoms with van der Waals surface area (Å²) in [5, 5.41) is 15.2. The monoisotopic (exact) mass is 320 g/mol. The standard InChI is InChI=1S/C16H28N6O/c1-12-20-21-14-6-5-13(10-22(12)14)9-18-15(17-3)19-11-16(2)7-4-8-23-16/h13H,4-11H2,1-3H3,(H2,17,18,19). The summed E-state index contributed by atoms with van der Waals surface area (Å²) in [5.41, 5.74) is -0.0586. The number of aliphatic imine (C=N–C) groups is 1. The van der Waals surface area contributed by atoms with Gasteiger partial charge in [0.15, 0.2) is 5.96 Å². The summed E-state index contributed by atoms with van der Waals surface area (Å²) in [6.45, 7) is 7.75. The molecule has 3 rings (SSSR count). The van der Waals surface area contributed by atoms with Crippen LogP contribution in [0.4, 0.5) is 0 Å². The topological polar surface area (TPSA) is 76.4 Å². The SMILES string of the molecule is CN=C(NCC1CCc2nnc(C)n2C1)NCC1(C)CCCO1. The largest absolute Gasteiger partial charge is 0.373 e. The van der Waals surface area contributed by atoms with Gasteiger partial charge in [0.1, 0.15) is 11.6 Å². The maximum atomic E-state index is 5.81. The first kappa shape index (κ1) is 16.2. The molecule has 23 heavy (non-hydrogen) atoms. The third-order valence-electron chi connectivity index (χ3n) is 4.94. The molecule has 128 valence electrons. The van der Waals surface area contributed by atoms with Gasteiger partial charge >= 0.3 is 0 Å². The maximum absolute atomic E-state index is 5.81. The number of hydrogen-bond donors (Lipinski definition) is 2. The Morgan fingerprint density at radius 3 is 3.04 bits per heavy atom. The quantitative estimate of drug-likeness (QED) is 0.636. The van der Waals surface area contributed by atoms with Gasteiger partial charge in [-0.2, -0.15) is 0 Å². The number of nitrogens with one attached hydrogen (secondary N) is 2. The lowest BCUT2D eigenvalue weighted by Crippen LogP contribution is -2.47. The summed E-state index contributed by atoms with van der Waals surface area (Å²) in [4.78, 5) is 4.32. The number of ether oxygens (including phenoxy) is 1. The Hall–Kier alpha value is -1.63. The van der Waals surface area contributed by atoms with Crippen molar-refractivity contribution in [3.05, 3.63) is 11.6 Å². The Morgan fingerprint density at radius 2 is 2.30 bits per heavy atom. The van der Waals surface area contributed by atoms with Crippen LogP contribution >= 0.6 is 0 Å². The van der Waals surface area contributed by atoms with Crippen LogP contribution in [-0.4, -0.2) is 53.1 Å². The molecule has 0 amide bonds. The number of aryl methyl sites for hydroxylation is 2. The number of nitrogens with zero attached hydrogens (tertiary/aromatic N) is 4. The second-order valence-corrected chi connectivity index (χ2v) is 6.89. The zero-order chi connectivity index (χ0) is 16.3. The second kappa shape index (κ2) is 6.86. The first-order chi connectivity index (χ1) is 11.1. The van der Waals surface area contributed by atoms with Crippen LogP contribution in [0.5, 0.6) is 0 Å². The molecule has 1 fully saturated rings. The van der Waals surface area contributed by atoms with Crippen LogP contribution in [0.15, 0.2) is 4.99 Å². The van der Waals surface area contributed by atoms with Gasteiger partial charge < -0.3 is 19.9 Å². The van der Waals surface area contributed by atoms with E-state index in [1.54, 1.807) is 0 Å². The van der Waals surface area contributed by atoms with Crippen LogP contribution in [0, 0.1) is 12.8 Å². The first-order valence-corrected chi connectivity index (χ1v) is 8.57. The number of aromatic nitrogens is 3. The van der Waals surface area contributed by atoms with Gasteiger partial charge in [0, 0.05) is 39.7 Å². The third-order valence-corrected chi connectivity index (χ3v) is 4.94. The molecule has 2 N–H and O–H groups in total. The first-order valence-electron chi connectivity index (χ1n) is 8.57. The highest BCUT2D eigenvalue weighted by atomic mass is 16.5. The average molecular weight is 320 g/mol. The number of hydrogen-bond acceptors (Lipinski definition) is 4. The highest BCUT2D eigenvalue weighted by Gasteiger charge is 2.29. The van der Waals surface area contributed by atoms with E-state index < -0.39 is 0 Å². The number of rotatable bonds is 4. The normalized spacial score (nSPS) is 27.8. The summed E-state index contributed by atoms with van der Waals surface area (Å²) in [5.74, 6) is 3.56. The van der Waals surface area contributed by atoms with Crippen LogP contribution in [0.2, 0.25) is 0 Å². The molecule has 0 radical (unpaired) electrons. The molecule has 1 aromatic heterocycles. The predicted octanol–water partition coefficient (Wildman–Crippen LogP) is 0.883. The van der Waals surface area contributed by atoms with Crippen LogP contribution in [0.1, 0.15) is 37.8 Å². The molecule has 1 aromatic rings. The molecule has 2 unspecified atom stereocenters. The van der Waals surface area contributed by atoms with E-state index in [-0.39, 0.29) is 5.60 Å². The van der Waals surface area contributed by atoms with E-state index in [0.29, 0.717) is 5.92 Å². The summed E-state index contributed by atoms with van der Waals surface area (Å²) in [6.07, 6.45) is 4.40. The molecule has 1 saturated heterocycles. The lowest BCUT2D eigenvalue weighted by atomic mass is 9.99. The molecule has 0 aromatic carbocycles. The van der Waals surface area contributed by atoms with Crippen LogP contribution in [0.3, 0.4) is 0 Å². The molecule has 0 bridgehead atoms. The van der Waals surface area contributed by atoms with Crippen molar-refractivity contribution in [2.45, 2.75) is 51.7 Å². The Kier molecular flexibility index (Phi) is 4.84. The van der Waals surface area contributed by atoms with Gasteiger partial charge in [-0.05, 0) is 39.0 Å². The molecule has 2 atom stereocenters. The fraction of sp³-hybridized carbons (Fsp3) is 0.812. The lowest BCUT2D eigenvalue weighted by Gasteiger charge is -2.27. The van der Waals surface area contributed by atoms with E-state index in [1.807, 2.05) is 14.0 Å². The second-order valence-electron chi connectivity index (χ2n) is 6.89. The van der Waals surface area contributed by atoms with Gasteiger partial charge in [-0.25, -0.2) is 0 Å². The van der Waals surface area contributed by atoms with Gasteiger partial charge in [-0.3, -0.25) is 4.99 Å². The fourth-order valence-electron chi connectivity index (χ4n) is 3.41. The molecule has 2 aliphatic heterocycles. The van der Waals surface area contributed by atoms with Crippen molar-refractivity contribution in [2.75, 3.05) is 26.7 Å². The minimum atomic E-state index is -0.0586. The Labute approximate surface area is 137 Å². The molecule has 0 aliphatic carbocycles. The minimum Gasteiger partial charge on any atom is -0.373 e. The molecular weight excluding hydrogens is 292 g/mol. The van der Waals surface area contributed by atoms with E-state index in [9.17, 15) is 0 Å². The molecular formula is C16H28N6O. The summed E-state index contributed by atoms with van der Waals surface area (Å²) < 4.78 is 8.05. The molecule has 7 heteroatoms. The van der Waals surface area contributed by atoms with Gasteiger partial charge in [-0.15, -0.1) is 10.2 Å². The maximum Gasteiger partial charge on any atom is 0.191 e. The van der Waals surface area contributed by atoms with Crippen molar-refractivity contribution in [3.63, 3.8) is 0 Å². The third kappa shape index (κ3) is 3.83. The van der Waals surface area contributed by atoms with Crippen molar-refractivity contribution in [1.82, 2.24) is 25.4 Å². The molecule has 0 saturated carbocycles. The molecule has 2 aliphatic rings. The van der Waals surface area contributed by atoms with Crippen LogP contribution in [0.25, 0.3) is 0 Å². The van der Waals surface area contributed by atoms with Gasteiger partial charge in [0.05, 0.1) is 5.60 Å². The van der Waals surface area contributed by atoms with Crippen molar-refractivity contribution >= 4 is 5.96 Å². The molecule has 0 spiro atoms. The van der Waals surface area contributed by atoms with Crippen molar-refractivity contribution in [2.24, 2.45) is 10.9 Å². The minimum absolute atomic E-state index is 0.0586. The van der Waals surface area contributed by atoms with E-state index in [4.69, 9.17) is 4.74 Å². The fourth-order valence-corrected chi connectivity index (χ4v) is 3.41. The lowest BCUT2D eigenvalue weighted by molar-refractivity contribution is 0.0242. The number of fused-ring (bicyclic) bond motifs is 1. The van der Waals surface area contributed by atoms with Crippen LogP contribution in [-0.2, 0) is 17.7 Å². The number of guanidine groups is 1. The Bertz CT molecular complexity index is 561. The van der Waals surface area contributed by atoms with Crippen molar-refractivity contribution in [3.8, 4) is 0 Å². The van der Waals surface area contributed by atoms with E-state index in [2.05, 4.69) is 37.3 Å². The van der Waals surface area contributed by atoms with Crippen molar-refractivity contribution in [1.29, 1.82) is 0 Å². The van der Waals surface area contributed by atoms with Crippen molar-refractivity contribution < 1.29 is 4.74 Å². The predicted molar refractivity (Wildman–Crippen MR) is 89.5 cm³/mol. The van der Waals surface area contributed by atoms with Gasteiger partial charge in [0.2, 0.25) is 0 Å². The Morgan fingerprint density at radius 1 is 1.43 bits per heavy atom. The zero-order valence-electron chi connectivity index (χ0n) is 14.4. The van der Waals surface area contributed by atoms with Gasteiger partial charge in [0.25, 0.3) is 0 Å². The zero-order valence-corrected chi connectivity index (χ0v) is 14.4. The molecule has 7 nitrogen and oxygen atoms in total. The van der Waals surface area contributed by atoms with E-state index >= 15 is 0 Å². The average Bonchev–Trinajstić information content (AvgIpc) is 3.15. The highest BCUT2D eigenvalue weighted by Crippen LogP contribution is 2.23. The van der Waals surface area contributed by atoms with E-state index in [0.717, 1.165) is 69.5 Å². The smallest absolute Gasteiger partial charge is 0.191 e. The molecule has 3 heterocycles. The highest BCUT2D eigenvalue weighted by molar-refractivity contribution is 5.79. The van der Waals surface area contributed by atoms with E-state index in [1.165, 1.54) is 0 Å².